The van der Waals surface area contributed by atoms with Crippen molar-refractivity contribution in [3.8, 4) is 0 Å². The van der Waals surface area contributed by atoms with Crippen molar-refractivity contribution in [2.45, 2.75) is 32.7 Å². The Morgan fingerprint density at radius 1 is 1.69 bits per heavy atom. The molecule has 0 bridgehead atoms. The van der Waals surface area contributed by atoms with E-state index in [1.807, 2.05) is 10.8 Å². The van der Waals surface area contributed by atoms with Gasteiger partial charge in [0.1, 0.15) is 0 Å². The van der Waals surface area contributed by atoms with Gasteiger partial charge in [0.2, 0.25) is 5.78 Å². The van der Waals surface area contributed by atoms with Crippen molar-refractivity contribution in [1.82, 2.24) is 9.55 Å². The van der Waals surface area contributed by atoms with Crippen LogP contribution in [0, 0.1) is 5.92 Å². The second-order valence-corrected chi connectivity index (χ2v) is 4.22. The number of aromatic nitrogens is 2. The number of hydrogen-bond donors (Lipinski definition) is 0. The smallest absolute Gasteiger partial charge is 0.203 e. The number of carbonyl (C=O) groups excluding carboxylic acids is 1. The molecule has 0 saturated carbocycles. The molecule has 1 saturated heterocycles. The van der Waals surface area contributed by atoms with Crippen LogP contribution in [0.3, 0.4) is 0 Å². The van der Waals surface area contributed by atoms with Crippen LogP contribution in [0.15, 0.2) is 12.4 Å². The molecule has 16 heavy (non-hydrogen) atoms. The highest BCUT2D eigenvalue weighted by Gasteiger charge is 2.25. The van der Waals surface area contributed by atoms with Crippen molar-refractivity contribution < 1.29 is 9.53 Å². The van der Waals surface area contributed by atoms with Gasteiger partial charge >= 0.3 is 0 Å². The van der Waals surface area contributed by atoms with Gasteiger partial charge in [-0.3, -0.25) is 4.79 Å². The molecule has 1 aromatic heterocycles. The van der Waals surface area contributed by atoms with E-state index in [1.165, 1.54) is 0 Å². The molecule has 2 heterocycles. The molecule has 1 aliphatic heterocycles. The summed E-state index contributed by atoms with van der Waals surface area (Å²) in [6, 6.07) is 0. The minimum Gasteiger partial charge on any atom is -0.381 e. The molecule has 0 amide bonds. The van der Waals surface area contributed by atoms with Crippen LogP contribution < -0.4 is 0 Å². The largest absolute Gasteiger partial charge is 0.381 e. The van der Waals surface area contributed by atoms with Gasteiger partial charge in [0.05, 0.1) is 6.61 Å². The summed E-state index contributed by atoms with van der Waals surface area (Å²) in [6.07, 6.45) is 6.49. The quantitative estimate of drug-likeness (QED) is 0.731. The van der Waals surface area contributed by atoms with Crippen LogP contribution in [0.25, 0.3) is 0 Å². The Balaban J connectivity index is 2.09. The van der Waals surface area contributed by atoms with E-state index in [1.54, 1.807) is 6.20 Å². The lowest BCUT2D eigenvalue weighted by molar-refractivity contribution is 0.0451. The predicted molar refractivity (Wildman–Crippen MR) is 60.4 cm³/mol. The molecule has 1 aromatic rings. The number of hydrogen-bond acceptors (Lipinski definition) is 3. The van der Waals surface area contributed by atoms with Gasteiger partial charge in [0.25, 0.3) is 0 Å². The lowest BCUT2D eigenvalue weighted by Gasteiger charge is -2.20. The lowest BCUT2D eigenvalue weighted by atomic mass is 9.97. The highest BCUT2D eigenvalue weighted by atomic mass is 16.5. The van der Waals surface area contributed by atoms with Crippen molar-refractivity contribution in [3.63, 3.8) is 0 Å². The van der Waals surface area contributed by atoms with E-state index in [4.69, 9.17) is 4.74 Å². The molecule has 1 atom stereocenters. The summed E-state index contributed by atoms with van der Waals surface area (Å²) in [6.45, 7) is 4.29. The van der Waals surface area contributed by atoms with Crippen LogP contribution in [0.4, 0.5) is 0 Å². The van der Waals surface area contributed by atoms with Gasteiger partial charge in [-0.05, 0) is 19.3 Å². The molecule has 88 valence electrons. The van der Waals surface area contributed by atoms with Gasteiger partial charge in [-0.15, -0.1) is 0 Å². The minimum absolute atomic E-state index is 0.00626. The van der Waals surface area contributed by atoms with Crippen molar-refractivity contribution in [3.05, 3.63) is 18.2 Å². The van der Waals surface area contributed by atoms with E-state index in [2.05, 4.69) is 11.9 Å². The Morgan fingerprint density at radius 3 is 3.25 bits per heavy atom. The molecule has 0 spiro atoms. The minimum atomic E-state index is 0.00626. The summed E-state index contributed by atoms with van der Waals surface area (Å²) >= 11 is 0. The summed E-state index contributed by atoms with van der Waals surface area (Å²) in [5.41, 5.74) is 0. The predicted octanol–water partition coefficient (Wildman–Crippen LogP) is 1.90. The molecule has 0 aliphatic carbocycles. The number of carbonyl (C=O) groups is 1. The first-order valence-corrected chi connectivity index (χ1v) is 5.96. The highest BCUT2D eigenvalue weighted by Crippen LogP contribution is 2.18. The molecule has 0 N–H and O–H groups in total. The van der Waals surface area contributed by atoms with Crippen LogP contribution in [-0.4, -0.2) is 28.5 Å². The first-order chi connectivity index (χ1) is 7.83. The highest BCUT2D eigenvalue weighted by molar-refractivity contribution is 5.94. The van der Waals surface area contributed by atoms with Gasteiger partial charge in [0.15, 0.2) is 5.82 Å². The number of ether oxygens (including phenoxy) is 1. The Morgan fingerprint density at radius 2 is 2.56 bits per heavy atom. The SMILES string of the molecule is CCCn1ccnc1C(=O)C1CCCOC1. The standard InChI is InChI=1S/C12H18N2O2/c1-2-6-14-7-5-13-12(14)11(15)10-4-3-8-16-9-10/h5,7,10H,2-4,6,8-9H2,1H3. The third kappa shape index (κ3) is 2.32. The molecule has 1 aliphatic rings. The molecule has 2 rings (SSSR count). The third-order valence-electron chi connectivity index (χ3n) is 2.93. The van der Waals surface area contributed by atoms with E-state index in [-0.39, 0.29) is 11.7 Å². The fourth-order valence-corrected chi connectivity index (χ4v) is 2.09. The van der Waals surface area contributed by atoms with Crippen molar-refractivity contribution in [1.29, 1.82) is 0 Å². The Hall–Kier alpha value is -1.16. The zero-order valence-electron chi connectivity index (χ0n) is 9.69. The van der Waals surface area contributed by atoms with Gasteiger partial charge in [0, 0.05) is 31.5 Å². The van der Waals surface area contributed by atoms with Crippen LogP contribution in [-0.2, 0) is 11.3 Å². The number of imidazole rings is 1. The van der Waals surface area contributed by atoms with E-state index < -0.39 is 0 Å². The first-order valence-electron chi connectivity index (χ1n) is 5.96. The maximum Gasteiger partial charge on any atom is 0.203 e. The van der Waals surface area contributed by atoms with Crippen LogP contribution in [0.1, 0.15) is 36.8 Å². The number of Topliss-reactive ketones (excluding diaryl/α,β-unsaturated/α-hetero) is 1. The second kappa shape index (κ2) is 5.25. The molecule has 1 unspecified atom stereocenters. The maximum atomic E-state index is 12.2. The number of nitrogens with zero attached hydrogens (tertiary/aromatic N) is 2. The topological polar surface area (TPSA) is 44.1 Å². The fraction of sp³-hybridized carbons (Fsp3) is 0.667. The summed E-state index contributed by atoms with van der Waals surface area (Å²) in [5, 5.41) is 0. The van der Waals surface area contributed by atoms with Crippen LogP contribution >= 0.6 is 0 Å². The molecule has 0 radical (unpaired) electrons. The fourth-order valence-electron chi connectivity index (χ4n) is 2.09. The van der Waals surface area contributed by atoms with E-state index in [0.717, 1.165) is 32.4 Å². The summed E-state index contributed by atoms with van der Waals surface area (Å²) in [4.78, 5) is 16.4. The number of ketones is 1. The maximum absolute atomic E-state index is 12.2. The normalized spacial score (nSPS) is 20.9. The Bertz CT molecular complexity index is 354. The van der Waals surface area contributed by atoms with Crippen molar-refractivity contribution in [2.75, 3.05) is 13.2 Å². The average molecular weight is 222 g/mol. The number of aryl methyl sites for hydroxylation is 1. The van der Waals surface area contributed by atoms with E-state index in [0.29, 0.717) is 12.4 Å². The first kappa shape index (κ1) is 11.3. The van der Waals surface area contributed by atoms with Crippen molar-refractivity contribution >= 4 is 5.78 Å². The monoisotopic (exact) mass is 222 g/mol. The van der Waals surface area contributed by atoms with Gasteiger partial charge < -0.3 is 9.30 Å². The summed E-state index contributed by atoms with van der Waals surface area (Å²) < 4.78 is 7.28. The lowest BCUT2D eigenvalue weighted by Crippen LogP contribution is -2.27. The Labute approximate surface area is 95.6 Å². The van der Waals surface area contributed by atoms with Gasteiger partial charge in [-0.2, -0.15) is 0 Å². The average Bonchev–Trinajstić information content (AvgIpc) is 2.78. The van der Waals surface area contributed by atoms with Crippen molar-refractivity contribution in [2.24, 2.45) is 5.92 Å². The molecule has 1 fully saturated rings. The number of rotatable bonds is 4. The Kier molecular flexibility index (Phi) is 3.72. The molecular weight excluding hydrogens is 204 g/mol. The summed E-state index contributed by atoms with van der Waals surface area (Å²) in [7, 11) is 0. The molecular formula is C12H18N2O2. The van der Waals surface area contributed by atoms with Crippen LogP contribution in [0.5, 0.6) is 0 Å². The zero-order valence-corrected chi connectivity index (χ0v) is 9.69. The zero-order chi connectivity index (χ0) is 11.4. The van der Waals surface area contributed by atoms with E-state index >= 15 is 0 Å². The third-order valence-corrected chi connectivity index (χ3v) is 2.93. The van der Waals surface area contributed by atoms with Gasteiger partial charge in [-0.1, -0.05) is 6.92 Å². The molecule has 4 heteroatoms. The summed E-state index contributed by atoms with van der Waals surface area (Å²) in [5.74, 6) is 0.738. The van der Waals surface area contributed by atoms with E-state index in [9.17, 15) is 4.79 Å². The molecule has 4 nitrogen and oxygen atoms in total. The molecule has 0 aromatic carbocycles. The van der Waals surface area contributed by atoms with Gasteiger partial charge in [-0.25, -0.2) is 4.98 Å². The van der Waals surface area contributed by atoms with Crippen LogP contribution in [0.2, 0.25) is 0 Å². The second-order valence-electron chi connectivity index (χ2n) is 4.22.